The molecule has 0 heterocycles. The Bertz CT molecular complexity index is 1480. The van der Waals surface area contributed by atoms with E-state index in [0.29, 0.717) is 34.3 Å². The Morgan fingerprint density at radius 3 is 2.33 bits per heavy atom. The van der Waals surface area contributed by atoms with E-state index in [2.05, 4.69) is 5.32 Å². The lowest BCUT2D eigenvalue weighted by Gasteiger charge is -2.32. The SMILES string of the molecule is CCCNC(=O)[C@@H](Cc1ccccc1)N(Cc1ccc(Cl)cc1Cl)C(=O)CCCN(c1cc(C)ccc1C)S(C)(=O)=O. The second-order valence-corrected chi connectivity index (χ2v) is 13.2. The van der Waals surface area contributed by atoms with Gasteiger partial charge in [-0.25, -0.2) is 8.42 Å². The minimum Gasteiger partial charge on any atom is -0.354 e. The molecule has 0 aliphatic heterocycles. The van der Waals surface area contributed by atoms with Gasteiger partial charge in [0.2, 0.25) is 21.8 Å². The van der Waals surface area contributed by atoms with Gasteiger partial charge in [-0.15, -0.1) is 0 Å². The summed E-state index contributed by atoms with van der Waals surface area (Å²) in [6.45, 7) is 6.43. The first-order valence-corrected chi connectivity index (χ1v) is 16.6. The van der Waals surface area contributed by atoms with Crippen LogP contribution in [0.2, 0.25) is 10.0 Å². The standard InChI is InChI=1S/C32H39Cl2N3O4S/c1-5-17-35-32(39)30(20-25-10-7-6-8-11-25)36(22-26-15-16-27(33)21-28(26)34)31(38)12-9-18-37(42(4,40)41)29-19-23(2)13-14-24(29)3/h6-8,10-11,13-16,19,21,30H,5,9,12,17-18,20,22H2,1-4H3,(H,35,39)/t30-/m1/s1. The van der Waals surface area contributed by atoms with E-state index in [9.17, 15) is 18.0 Å². The summed E-state index contributed by atoms with van der Waals surface area (Å²) in [5, 5.41) is 3.81. The molecule has 0 saturated heterocycles. The fourth-order valence-corrected chi connectivity index (χ4v) is 6.21. The number of rotatable bonds is 14. The number of halogens is 2. The lowest BCUT2D eigenvalue weighted by molar-refractivity contribution is -0.141. The highest BCUT2D eigenvalue weighted by molar-refractivity contribution is 7.92. The molecule has 2 amide bonds. The second kappa shape index (κ2) is 15.4. The van der Waals surface area contributed by atoms with Crippen LogP contribution in [0, 0.1) is 13.8 Å². The minimum absolute atomic E-state index is 0.0362. The van der Waals surface area contributed by atoms with Crippen LogP contribution in [0.4, 0.5) is 5.69 Å². The van der Waals surface area contributed by atoms with Gasteiger partial charge in [-0.05, 0) is 67.1 Å². The van der Waals surface area contributed by atoms with Gasteiger partial charge in [0.25, 0.3) is 0 Å². The van der Waals surface area contributed by atoms with Gasteiger partial charge < -0.3 is 10.2 Å². The fraction of sp³-hybridized carbons (Fsp3) is 0.375. The van der Waals surface area contributed by atoms with Crippen molar-refractivity contribution in [3.05, 3.63) is 99.0 Å². The molecule has 1 N–H and O–H groups in total. The maximum atomic E-state index is 13.9. The van der Waals surface area contributed by atoms with E-state index < -0.39 is 16.1 Å². The summed E-state index contributed by atoms with van der Waals surface area (Å²) in [6.07, 6.45) is 2.53. The molecule has 3 aromatic carbocycles. The molecule has 0 aliphatic carbocycles. The lowest BCUT2D eigenvalue weighted by Crippen LogP contribution is -2.50. The highest BCUT2D eigenvalue weighted by Crippen LogP contribution is 2.26. The predicted octanol–water partition coefficient (Wildman–Crippen LogP) is 6.32. The first-order chi connectivity index (χ1) is 19.9. The van der Waals surface area contributed by atoms with Gasteiger partial charge in [0, 0.05) is 42.5 Å². The molecule has 0 radical (unpaired) electrons. The van der Waals surface area contributed by atoms with Gasteiger partial charge in [0.1, 0.15) is 6.04 Å². The van der Waals surface area contributed by atoms with E-state index in [0.717, 1.165) is 23.1 Å². The zero-order valence-corrected chi connectivity index (χ0v) is 26.9. The third-order valence-electron chi connectivity index (χ3n) is 6.96. The lowest BCUT2D eigenvalue weighted by atomic mass is 10.0. The van der Waals surface area contributed by atoms with Gasteiger partial charge >= 0.3 is 0 Å². The molecule has 3 rings (SSSR count). The van der Waals surface area contributed by atoms with E-state index in [-0.39, 0.29) is 37.7 Å². The number of nitrogens with zero attached hydrogens (tertiary/aromatic N) is 2. The molecule has 1 atom stereocenters. The molecule has 0 aromatic heterocycles. The molecule has 0 aliphatic rings. The first-order valence-electron chi connectivity index (χ1n) is 14.0. The average Bonchev–Trinajstić information content (AvgIpc) is 2.94. The summed E-state index contributed by atoms with van der Waals surface area (Å²) in [4.78, 5) is 29.0. The fourth-order valence-electron chi connectivity index (χ4n) is 4.72. The molecular weight excluding hydrogens is 593 g/mol. The smallest absolute Gasteiger partial charge is 0.243 e. The third kappa shape index (κ3) is 9.48. The number of nitrogens with one attached hydrogen (secondary N) is 1. The van der Waals surface area contributed by atoms with Crippen molar-refractivity contribution in [2.75, 3.05) is 23.7 Å². The highest BCUT2D eigenvalue weighted by atomic mass is 35.5. The molecule has 7 nitrogen and oxygen atoms in total. The maximum absolute atomic E-state index is 13.9. The highest BCUT2D eigenvalue weighted by Gasteiger charge is 2.31. The normalized spacial score (nSPS) is 12.0. The quantitative estimate of drug-likeness (QED) is 0.225. The molecule has 226 valence electrons. The number of carbonyl (C=O) groups is 2. The maximum Gasteiger partial charge on any atom is 0.243 e. The summed E-state index contributed by atoms with van der Waals surface area (Å²) in [7, 11) is -3.60. The van der Waals surface area contributed by atoms with Crippen LogP contribution in [-0.2, 0) is 32.6 Å². The van der Waals surface area contributed by atoms with Gasteiger partial charge in [-0.3, -0.25) is 13.9 Å². The molecule has 42 heavy (non-hydrogen) atoms. The van der Waals surface area contributed by atoms with Gasteiger partial charge in [0.15, 0.2) is 0 Å². The molecule has 3 aromatic rings. The van der Waals surface area contributed by atoms with Crippen molar-refractivity contribution in [1.82, 2.24) is 10.2 Å². The van der Waals surface area contributed by atoms with E-state index in [1.54, 1.807) is 23.1 Å². The number of benzene rings is 3. The largest absolute Gasteiger partial charge is 0.354 e. The van der Waals surface area contributed by atoms with Crippen LogP contribution in [0.25, 0.3) is 0 Å². The molecule has 0 bridgehead atoms. The Morgan fingerprint density at radius 1 is 0.976 bits per heavy atom. The monoisotopic (exact) mass is 631 g/mol. The molecule has 0 saturated carbocycles. The summed E-state index contributed by atoms with van der Waals surface area (Å²) in [5.41, 5.74) is 3.92. The summed E-state index contributed by atoms with van der Waals surface area (Å²) in [5.74, 6) is -0.532. The number of hydrogen-bond acceptors (Lipinski definition) is 4. The van der Waals surface area contributed by atoms with Gasteiger partial charge in [-0.1, -0.05) is 78.7 Å². The van der Waals surface area contributed by atoms with E-state index in [1.807, 2.05) is 69.3 Å². The van der Waals surface area contributed by atoms with Gasteiger partial charge in [-0.2, -0.15) is 0 Å². The second-order valence-electron chi connectivity index (χ2n) is 10.5. The molecular formula is C32H39Cl2N3O4S. The molecule has 0 unspecified atom stereocenters. The van der Waals surface area contributed by atoms with Crippen molar-refractivity contribution in [3.63, 3.8) is 0 Å². The Hall–Kier alpha value is -3.07. The Kier molecular flexibility index (Phi) is 12.3. The van der Waals surface area contributed by atoms with Crippen LogP contribution in [0.3, 0.4) is 0 Å². The van der Waals surface area contributed by atoms with Crippen molar-refractivity contribution >= 4 is 50.7 Å². The predicted molar refractivity (Wildman–Crippen MR) is 172 cm³/mol. The Labute approximate surface area is 259 Å². The van der Waals surface area contributed by atoms with Crippen molar-refractivity contribution in [2.24, 2.45) is 0 Å². The number of carbonyl (C=O) groups excluding carboxylic acids is 2. The summed E-state index contributed by atoms with van der Waals surface area (Å²) in [6, 6.07) is 19.4. The first kappa shape index (κ1) is 33.4. The van der Waals surface area contributed by atoms with E-state index in [1.165, 1.54) is 10.6 Å². The Morgan fingerprint density at radius 2 is 1.69 bits per heavy atom. The van der Waals surface area contributed by atoms with E-state index >= 15 is 0 Å². The number of sulfonamides is 1. The Balaban J connectivity index is 1.92. The third-order valence-corrected chi connectivity index (χ3v) is 8.73. The van der Waals surface area contributed by atoms with Crippen molar-refractivity contribution in [1.29, 1.82) is 0 Å². The molecule has 0 spiro atoms. The van der Waals surface area contributed by atoms with Gasteiger partial charge in [0.05, 0.1) is 11.9 Å². The zero-order valence-electron chi connectivity index (χ0n) is 24.6. The average molecular weight is 633 g/mol. The van der Waals surface area contributed by atoms with Crippen LogP contribution in [0.5, 0.6) is 0 Å². The zero-order chi connectivity index (χ0) is 30.9. The van der Waals surface area contributed by atoms with Crippen LogP contribution in [0.1, 0.15) is 48.4 Å². The van der Waals surface area contributed by atoms with Crippen LogP contribution in [-0.4, -0.2) is 50.5 Å². The summed E-state index contributed by atoms with van der Waals surface area (Å²) >= 11 is 12.6. The van der Waals surface area contributed by atoms with Crippen LogP contribution >= 0.6 is 23.2 Å². The number of anilines is 1. The van der Waals surface area contributed by atoms with Crippen LogP contribution < -0.4 is 9.62 Å². The minimum atomic E-state index is -3.60. The van der Waals surface area contributed by atoms with Crippen molar-refractivity contribution in [3.8, 4) is 0 Å². The summed E-state index contributed by atoms with van der Waals surface area (Å²) < 4.78 is 26.9. The number of hydrogen-bond donors (Lipinski definition) is 1. The number of amides is 2. The van der Waals surface area contributed by atoms with Crippen molar-refractivity contribution < 1.29 is 18.0 Å². The number of aryl methyl sites for hydroxylation is 2. The van der Waals surface area contributed by atoms with Crippen LogP contribution in [0.15, 0.2) is 66.7 Å². The van der Waals surface area contributed by atoms with E-state index in [4.69, 9.17) is 23.2 Å². The molecule has 0 fully saturated rings. The topological polar surface area (TPSA) is 86.8 Å². The molecule has 10 heteroatoms. The van der Waals surface area contributed by atoms with Crippen molar-refractivity contribution in [2.45, 2.75) is 59.0 Å².